The van der Waals surface area contributed by atoms with Gasteiger partial charge in [-0.05, 0) is 18.4 Å². The molecule has 5 heteroatoms. The zero-order chi connectivity index (χ0) is 15.8. The van der Waals surface area contributed by atoms with E-state index in [0.717, 1.165) is 31.2 Å². The average molecular weight is 304 g/mol. The molecule has 5 nitrogen and oxygen atoms in total. The van der Waals surface area contributed by atoms with E-state index in [1.807, 2.05) is 30.3 Å². The van der Waals surface area contributed by atoms with Crippen LogP contribution < -0.4 is 10.6 Å². The molecule has 1 aliphatic carbocycles. The van der Waals surface area contributed by atoms with Crippen LogP contribution in [0.3, 0.4) is 0 Å². The van der Waals surface area contributed by atoms with Crippen molar-refractivity contribution in [3.8, 4) is 0 Å². The molecule has 120 valence electrons. The van der Waals surface area contributed by atoms with Crippen LogP contribution in [-0.4, -0.2) is 31.5 Å². The van der Waals surface area contributed by atoms with Gasteiger partial charge in [-0.25, -0.2) is 0 Å². The highest BCUT2D eigenvalue weighted by Gasteiger charge is 2.21. The summed E-state index contributed by atoms with van der Waals surface area (Å²) >= 11 is 0. The van der Waals surface area contributed by atoms with Crippen molar-refractivity contribution in [3.63, 3.8) is 0 Å². The lowest BCUT2D eigenvalue weighted by Crippen LogP contribution is -2.43. The van der Waals surface area contributed by atoms with E-state index < -0.39 is 6.10 Å². The van der Waals surface area contributed by atoms with Crippen molar-refractivity contribution in [1.29, 1.82) is 0 Å². The van der Waals surface area contributed by atoms with Gasteiger partial charge in [0.25, 0.3) is 5.91 Å². The van der Waals surface area contributed by atoms with Gasteiger partial charge in [0.1, 0.15) is 0 Å². The van der Waals surface area contributed by atoms with Gasteiger partial charge in [-0.3, -0.25) is 9.59 Å². The Kier molecular flexibility index (Phi) is 6.40. The van der Waals surface area contributed by atoms with Gasteiger partial charge in [0.2, 0.25) is 5.91 Å². The number of ether oxygens (including phenoxy) is 1. The topological polar surface area (TPSA) is 67.4 Å². The Morgan fingerprint density at radius 1 is 1.18 bits per heavy atom. The van der Waals surface area contributed by atoms with Crippen LogP contribution in [0, 0.1) is 0 Å². The maximum atomic E-state index is 12.2. The Bertz CT molecular complexity index is 484. The molecule has 2 amide bonds. The van der Waals surface area contributed by atoms with Gasteiger partial charge >= 0.3 is 0 Å². The van der Waals surface area contributed by atoms with Crippen molar-refractivity contribution >= 4 is 11.8 Å². The normalized spacial score (nSPS) is 16.8. The predicted molar refractivity (Wildman–Crippen MR) is 84.2 cm³/mol. The van der Waals surface area contributed by atoms with Gasteiger partial charge in [-0.1, -0.05) is 49.6 Å². The van der Waals surface area contributed by atoms with Crippen molar-refractivity contribution in [2.75, 3.05) is 13.7 Å². The van der Waals surface area contributed by atoms with E-state index >= 15 is 0 Å². The first-order valence-corrected chi connectivity index (χ1v) is 7.85. The fourth-order valence-electron chi connectivity index (χ4n) is 2.81. The van der Waals surface area contributed by atoms with Gasteiger partial charge in [-0.2, -0.15) is 0 Å². The highest BCUT2D eigenvalue weighted by atomic mass is 16.5. The number of methoxy groups -OCH3 is 1. The monoisotopic (exact) mass is 304 g/mol. The standard InChI is InChI=1S/C17H24N2O3/c1-22-16(13-8-4-2-5-9-13)17(21)18-12-15(20)19-14-10-6-3-7-11-14/h2,4-5,8-9,14,16H,3,6-7,10-12H2,1H3,(H,18,21)(H,19,20). The number of nitrogens with one attached hydrogen (secondary N) is 2. The largest absolute Gasteiger partial charge is 0.367 e. The van der Waals surface area contributed by atoms with E-state index in [4.69, 9.17) is 4.74 Å². The second-order valence-corrected chi connectivity index (χ2v) is 5.65. The first-order valence-electron chi connectivity index (χ1n) is 7.85. The SMILES string of the molecule is COC(C(=O)NCC(=O)NC1CCCCC1)c1ccccc1. The molecule has 22 heavy (non-hydrogen) atoms. The third-order valence-corrected chi connectivity index (χ3v) is 3.97. The minimum Gasteiger partial charge on any atom is -0.367 e. The van der Waals surface area contributed by atoms with E-state index in [1.165, 1.54) is 13.5 Å². The van der Waals surface area contributed by atoms with Gasteiger partial charge in [0, 0.05) is 13.2 Å². The summed E-state index contributed by atoms with van der Waals surface area (Å²) < 4.78 is 5.24. The first kappa shape index (κ1) is 16.5. The quantitative estimate of drug-likeness (QED) is 0.844. The number of carbonyl (C=O) groups excluding carboxylic acids is 2. The van der Waals surface area contributed by atoms with Crippen molar-refractivity contribution in [2.45, 2.75) is 44.2 Å². The number of rotatable bonds is 6. The molecule has 0 aliphatic heterocycles. The summed E-state index contributed by atoms with van der Waals surface area (Å²) in [7, 11) is 1.49. The summed E-state index contributed by atoms with van der Waals surface area (Å²) in [5.41, 5.74) is 0.773. The molecule has 1 unspecified atom stereocenters. The van der Waals surface area contributed by atoms with Crippen molar-refractivity contribution in [2.24, 2.45) is 0 Å². The summed E-state index contributed by atoms with van der Waals surface area (Å²) in [6, 6.07) is 9.50. The predicted octanol–water partition coefficient (Wildman–Crippen LogP) is 1.94. The highest BCUT2D eigenvalue weighted by molar-refractivity contribution is 5.87. The van der Waals surface area contributed by atoms with E-state index in [0.29, 0.717) is 0 Å². The molecule has 1 saturated carbocycles. The van der Waals surface area contributed by atoms with Gasteiger partial charge < -0.3 is 15.4 Å². The van der Waals surface area contributed by atoms with Crippen LogP contribution in [0.4, 0.5) is 0 Å². The first-order chi connectivity index (χ1) is 10.7. The van der Waals surface area contributed by atoms with Gasteiger partial charge in [0.05, 0.1) is 6.54 Å². The van der Waals surface area contributed by atoms with Crippen LogP contribution in [-0.2, 0) is 14.3 Å². The molecule has 1 aliphatic rings. The minimum absolute atomic E-state index is 0.0119. The second-order valence-electron chi connectivity index (χ2n) is 5.65. The molecule has 0 aromatic heterocycles. The fourth-order valence-corrected chi connectivity index (χ4v) is 2.81. The molecule has 0 radical (unpaired) electrons. The number of hydrogen-bond acceptors (Lipinski definition) is 3. The van der Waals surface area contributed by atoms with Crippen LogP contribution >= 0.6 is 0 Å². The van der Waals surface area contributed by atoms with Gasteiger partial charge in [-0.15, -0.1) is 0 Å². The van der Waals surface area contributed by atoms with Crippen LogP contribution in [0.25, 0.3) is 0 Å². The molecular formula is C17H24N2O3. The number of hydrogen-bond donors (Lipinski definition) is 2. The van der Waals surface area contributed by atoms with E-state index in [-0.39, 0.29) is 24.4 Å². The lowest BCUT2D eigenvalue weighted by Gasteiger charge is -2.23. The average Bonchev–Trinajstić information content (AvgIpc) is 2.55. The number of benzene rings is 1. The number of amides is 2. The van der Waals surface area contributed by atoms with E-state index in [9.17, 15) is 9.59 Å². The molecule has 0 heterocycles. The molecule has 1 fully saturated rings. The highest BCUT2D eigenvalue weighted by Crippen LogP contribution is 2.17. The zero-order valence-corrected chi connectivity index (χ0v) is 13.0. The Morgan fingerprint density at radius 3 is 2.50 bits per heavy atom. The van der Waals surface area contributed by atoms with Crippen molar-refractivity contribution in [3.05, 3.63) is 35.9 Å². The molecule has 0 bridgehead atoms. The van der Waals surface area contributed by atoms with Crippen LogP contribution in [0.2, 0.25) is 0 Å². The maximum Gasteiger partial charge on any atom is 0.254 e. The summed E-state index contributed by atoms with van der Waals surface area (Å²) in [5.74, 6) is -0.435. The van der Waals surface area contributed by atoms with Crippen molar-refractivity contribution < 1.29 is 14.3 Å². The Hall–Kier alpha value is -1.88. The lowest BCUT2D eigenvalue weighted by atomic mass is 9.95. The smallest absolute Gasteiger partial charge is 0.254 e. The molecule has 1 atom stereocenters. The third kappa shape index (κ3) is 4.84. The van der Waals surface area contributed by atoms with E-state index in [1.54, 1.807) is 0 Å². The van der Waals surface area contributed by atoms with E-state index in [2.05, 4.69) is 10.6 Å². The summed E-state index contributed by atoms with van der Waals surface area (Å²) in [6.07, 6.45) is 4.95. The molecule has 1 aromatic rings. The van der Waals surface area contributed by atoms with Crippen LogP contribution in [0.1, 0.15) is 43.8 Å². The van der Waals surface area contributed by atoms with Crippen LogP contribution in [0.5, 0.6) is 0 Å². The summed E-state index contributed by atoms with van der Waals surface area (Å²) in [5, 5.41) is 5.62. The Balaban J connectivity index is 1.79. The van der Waals surface area contributed by atoms with Gasteiger partial charge in [0.15, 0.2) is 6.10 Å². The Labute approximate surface area is 131 Å². The molecule has 2 rings (SSSR count). The summed E-state index contributed by atoms with van der Waals surface area (Å²) in [4.78, 5) is 24.1. The Morgan fingerprint density at radius 2 is 1.86 bits per heavy atom. The van der Waals surface area contributed by atoms with Crippen LogP contribution in [0.15, 0.2) is 30.3 Å². The lowest BCUT2D eigenvalue weighted by molar-refractivity contribution is -0.133. The van der Waals surface area contributed by atoms with Crippen molar-refractivity contribution in [1.82, 2.24) is 10.6 Å². The maximum absolute atomic E-state index is 12.2. The molecular weight excluding hydrogens is 280 g/mol. The molecule has 0 spiro atoms. The number of carbonyl (C=O) groups is 2. The third-order valence-electron chi connectivity index (χ3n) is 3.97. The second kappa shape index (κ2) is 8.54. The molecule has 2 N–H and O–H groups in total. The molecule has 1 aromatic carbocycles. The summed E-state index contributed by atoms with van der Waals surface area (Å²) in [6.45, 7) is -0.0119. The minimum atomic E-state index is -0.691. The fraction of sp³-hybridized carbons (Fsp3) is 0.529. The molecule has 0 saturated heterocycles. The zero-order valence-electron chi connectivity index (χ0n) is 13.0.